The third kappa shape index (κ3) is 4.78. The number of morpholine rings is 1. The molecule has 10 heteroatoms. The Bertz CT molecular complexity index is 1510. The molecular formula is C30H38N8O2. The van der Waals surface area contributed by atoms with Crippen LogP contribution in [0.1, 0.15) is 38.8 Å². The Labute approximate surface area is 234 Å². The summed E-state index contributed by atoms with van der Waals surface area (Å²) in [6.07, 6.45) is 3.17. The number of fused-ring (bicyclic) bond motifs is 2. The quantitative estimate of drug-likeness (QED) is 0.393. The van der Waals surface area contributed by atoms with Crippen molar-refractivity contribution in [2.45, 2.75) is 45.3 Å². The van der Waals surface area contributed by atoms with Crippen LogP contribution in [0, 0.1) is 5.92 Å². The fraction of sp³-hybridized carbons (Fsp3) is 0.533. The fourth-order valence-electron chi connectivity index (χ4n) is 6.18. The van der Waals surface area contributed by atoms with E-state index in [2.05, 4.69) is 43.5 Å². The van der Waals surface area contributed by atoms with Gasteiger partial charge in [-0.15, -0.1) is 0 Å². The molecule has 0 saturated carbocycles. The van der Waals surface area contributed by atoms with Gasteiger partial charge < -0.3 is 19.6 Å². The lowest BCUT2D eigenvalue weighted by Crippen LogP contribution is -2.41. The molecule has 3 aromatic heterocycles. The Morgan fingerprint density at radius 1 is 0.850 bits per heavy atom. The second-order valence-electron chi connectivity index (χ2n) is 11.9. The molecule has 0 radical (unpaired) electrons. The van der Waals surface area contributed by atoms with Crippen LogP contribution >= 0.6 is 0 Å². The number of pyridine rings is 1. The molecule has 3 fully saturated rings. The zero-order valence-corrected chi connectivity index (χ0v) is 23.5. The van der Waals surface area contributed by atoms with Crippen LogP contribution in [0.4, 0.5) is 11.8 Å². The summed E-state index contributed by atoms with van der Waals surface area (Å²) in [6, 6.07) is 12.4. The van der Waals surface area contributed by atoms with Crippen molar-refractivity contribution in [3.8, 4) is 5.95 Å². The highest BCUT2D eigenvalue weighted by Crippen LogP contribution is 2.32. The van der Waals surface area contributed by atoms with Crippen LogP contribution in [0.25, 0.3) is 28.0 Å². The summed E-state index contributed by atoms with van der Waals surface area (Å²) in [5.41, 5.74) is 4.03. The molecule has 3 aliphatic rings. The topological polar surface area (TPSA) is 95.7 Å². The fourth-order valence-corrected chi connectivity index (χ4v) is 6.18. The van der Waals surface area contributed by atoms with Crippen molar-refractivity contribution in [3.05, 3.63) is 42.1 Å². The number of hydrogen-bond donors (Lipinski definition) is 1. The number of aliphatic hydroxyl groups is 1. The van der Waals surface area contributed by atoms with E-state index in [1.807, 2.05) is 26.0 Å². The molecule has 210 valence electrons. The van der Waals surface area contributed by atoms with Crippen LogP contribution in [0.15, 0.2) is 36.4 Å². The highest BCUT2D eigenvalue weighted by molar-refractivity contribution is 5.88. The molecule has 3 aliphatic heterocycles. The van der Waals surface area contributed by atoms with Gasteiger partial charge >= 0.3 is 0 Å². The van der Waals surface area contributed by atoms with Crippen molar-refractivity contribution < 1.29 is 9.84 Å². The molecule has 1 aromatic carbocycles. The monoisotopic (exact) mass is 542 g/mol. The van der Waals surface area contributed by atoms with Crippen molar-refractivity contribution in [1.82, 2.24) is 29.4 Å². The van der Waals surface area contributed by atoms with E-state index in [1.165, 1.54) is 6.42 Å². The Morgan fingerprint density at radius 3 is 2.35 bits per heavy atom. The standard InChI is InChI=1S/C30H38N8O2/c1-30(2,39)21-10-14-35(15-11-21)20-22-8-9-24-26(31-22)27(36-16-18-40-19-17-36)34-28(32-24)38-25-7-4-3-6-23(25)33-29(38)37-12-5-13-37/h3-4,6-9,21,39H,5,10-20H2,1-2H3. The van der Waals surface area contributed by atoms with E-state index in [9.17, 15) is 5.11 Å². The Hall–Kier alpha value is -3.34. The average molecular weight is 543 g/mol. The van der Waals surface area contributed by atoms with E-state index in [4.69, 9.17) is 24.7 Å². The van der Waals surface area contributed by atoms with E-state index in [1.54, 1.807) is 0 Å². The molecule has 0 unspecified atom stereocenters. The predicted molar refractivity (Wildman–Crippen MR) is 156 cm³/mol. The third-order valence-corrected chi connectivity index (χ3v) is 8.73. The minimum atomic E-state index is -0.620. The Balaban J connectivity index is 1.27. The minimum absolute atomic E-state index is 0.341. The van der Waals surface area contributed by atoms with Crippen molar-refractivity contribution in [3.63, 3.8) is 0 Å². The second-order valence-corrected chi connectivity index (χ2v) is 11.9. The van der Waals surface area contributed by atoms with Gasteiger partial charge in [0.1, 0.15) is 5.52 Å². The largest absolute Gasteiger partial charge is 0.390 e. The van der Waals surface area contributed by atoms with Crippen LogP contribution < -0.4 is 9.80 Å². The first-order chi connectivity index (χ1) is 19.4. The first-order valence-corrected chi connectivity index (χ1v) is 14.6. The summed E-state index contributed by atoms with van der Waals surface area (Å²) < 4.78 is 7.78. The van der Waals surface area contributed by atoms with Crippen LogP contribution in [-0.4, -0.2) is 92.6 Å². The van der Waals surface area contributed by atoms with Gasteiger partial charge in [-0.2, -0.15) is 4.98 Å². The number of ether oxygens (including phenoxy) is 1. The van der Waals surface area contributed by atoms with Crippen LogP contribution in [0.2, 0.25) is 0 Å². The van der Waals surface area contributed by atoms with Gasteiger partial charge in [0.25, 0.3) is 0 Å². The number of piperidine rings is 1. The first kappa shape index (κ1) is 25.6. The normalized spacial score (nSPS) is 19.5. The van der Waals surface area contributed by atoms with Gasteiger partial charge in [0.15, 0.2) is 5.82 Å². The summed E-state index contributed by atoms with van der Waals surface area (Å²) >= 11 is 0. The van der Waals surface area contributed by atoms with E-state index in [-0.39, 0.29) is 0 Å². The van der Waals surface area contributed by atoms with Crippen LogP contribution in [0.3, 0.4) is 0 Å². The van der Waals surface area contributed by atoms with Crippen molar-refractivity contribution in [2.75, 3.05) is 62.3 Å². The zero-order chi connectivity index (χ0) is 27.3. The van der Waals surface area contributed by atoms with E-state index in [0.29, 0.717) is 25.1 Å². The van der Waals surface area contributed by atoms with Crippen LogP contribution in [-0.2, 0) is 11.3 Å². The number of benzene rings is 1. The van der Waals surface area contributed by atoms with Gasteiger partial charge in [0.05, 0.1) is 41.1 Å². The Morgan fingerprint density at radius 2 is 1.62 bits per heavy atom. The second kappa shape index (κ2) is 10.2. The summed E-state index contributed by atoms with van der Waals surface area (Å²) in [5.74, 6) is 2.73. The molecular weight excluding hydrogens is 504 g/mol. The zero-order valence-electron chi connectivity index (χ0n) is 23.5. The van der Waals surface area contributed by atoms with E-state index in [0.717, 1.165) is 98.2 Å². The number of hydrogen-bond acceptors (Lipinski definition) is 9. The van der Waals surface area contributed by atoms with Crippen LogP contribution in [0.5, 0.6) is 0 Å². The summed E-state index contributed by atoms with van der Waals surface area (Å²) in [7, 11) is 0. The summed E-state index contributed by atoms with van der Waals surface area (Å²) in [6.45, 7) is 11.4. The molecule has 0 spiro atoms. The van der Waals surface area contributed by atoms with Gasteiger partial charge in [-0.3, -0.25) is 4.90 Å². The number of nitrogens with zero attached hydrogens (tertiary/aromatic N) is 8. The molecule has 7 rings (SSSR count). The van der Waals surface area contributed by atoms with Crippen molar-refractivity contribution >= 4 is 33.8 Å². The molecule has 6 heterocycles. The van der Waals surface area contributed by atoms with Gasteiger partial charge in [0, 0.05) is 32.7 Å². The van der Waals surface area contributed by atoms with Gasteiger partial charge in [-0.1, -0.05) is 12.1 Å². The minimum Gasteiger partial charge on any atom is -0.390 e. The summed E-state index contributed by atoms with van der Waals surface area (Å²) in [4.78, 5) is 27.4. The first-order valence-electron chi connectivity index (χ1n) is 14.6. The van der Waals surface area contributed by atoms with Gasteiger partial charge in [-0.25, -0.2) is 19.5 Å². The van der Waals surface area contributed by atoms with Gasteiger partial charge in [0.2, 0.25) is 11.9 Å². The molecule has 0 aliphatic carbocycles. The maximum atomic E-state index is 10.4. The third-order valence-electron chi connectivity index (χ3n) is 8.73. The molecule has 0 bridgehead atoms. The number of anilines is 2. The molecule has 0 amide bonds. The smallest absolute Gasteiger partial charge is 0.239 e. The highest BCUT2D eigenvalue weighted by atomic mass is 16.5. The maximum Gasteiger partial charge on any atom is 0.239 e. The molecule has 10 nitrogen and oxygen atoms in total. The lowest BCUT2D eigenvalue weighted by molar-refractivity contribution is -0.0137. The molecule has 40 heavy (non-hydrogen) atoms. The maximum absolute atomic E-state index is 10.4. The Kier molecular flexibility index (Phi) is 6.56. The lowest BCUT2D eigenvalue weighted by Gasteiger charge is -2.37. The molecule has 4 aromatic rings. The van der Waals surface area contributed by atoms with Crippen molar-refractivity contribution in [2.24, 2.45) is 5.92 Å². The molecule has 3 saturated heterocycles. The van der Waals surface area contributed by atoms with Gasteiger partial charge in [-0.05, 0) is 76.4 Å². The highest BCUT2D eigenvalue weighted by Gasteiger charge is 2.31. The van der Waals surface area contributed by atoms with E-state index >= 15 is 0 Å². The van der Waals surface area contributed by atoms with E-state index < -0.39 is 5.60 Å². The molecule has 1 N–H and O–H groups in total. The number of para-hydroxylation sites is 2. The number of rotatable bonds is 6. The number of likely N-dealkylation sites (tertiary alicyclic amines) is 1. The lowest BCUT2D eigenvalue weighted by atomic mass is 9.83. The summed E-state index contributed by atoms with van der Waals surface area (Å²) in [5, 5.41) is 10.4. The predicted octanol–water partition coefficient (Wildman–Crippen LogP) is 3.39. The number of imidazole rings is 1. The average Bonchev–Trinajstić information content (AvgIpc) is 3.30. The SMILES string of the molecule is CC(C)(O)C1CCN(Cc2ccc3nc(-n4c(N5CCC5)nc5ccccc54)nc(N4CCOCC4)c3n2)CC1. The molecule has 0 atom stereocenters. The van der Waals surface area contributed by atoms with Crippen molar-refractivity contribution in [1.29, 1.82) is 0 Å². The number of aromatic nitrogens is 5.